The molecule has 3 nitrogen and oxygen atoms in total. The quantitative estimate of drug-likeness (QED) is 0.909. The van der Waals surface area contributed by atoms with Crippen LogP contribution in [-0.4, -0.2) is 23.6 Å². The van der Waals surface area contributed by atoms with Gasteiger partial charge >= 0.3 is 0 Å². The summed E-state index contributed by atoms with van der Waals surface area (Å²) in [6.45, 7) is 4.28. The molecule has 1 aliphatic heterocycles. The van der Waals surface area contributed by atoms with Gasteiger partial charge in [-0.05, 0) is 25.0 Å². The molecule has 1 aromatic rings. The summed E-state index contributed by atoms with van der Waals surface area (Å²) in [6.07, 6.45) is 2.00. The van der Waals surface area contributed by atoms with Gasteiger partial charge in [0.2, 0.25) is 0 Å². The van der Waals surface area contributed by atoms with Crippen LogP contribution in [0.3, 0.4) is 0 Å². The van der Waals surface area contributed by atoms with Gasteiger partial charge in [0.15, 0.2) is 5.17 Å². The zero-order valence-corrected chi connectivity index (χ0v) is 12.3. The van der Waals surface area contributed by atoms with Gasteiger partial charge in [-0.15, -0.1) is 0 Å². The molecule has 1 aliphatic rings. The second kappa shape index (κ2) is 5.82. The van der Waals surface area contributed by atoms with Crippen LogP contribution in [0.5, 0.6) is 5.75 Å². The number of hydrogen-bond donors (Lipinski definition) is 1. The Morgan fingerprint density at radius 3 is 2.74 bits per heavy atom. The predicted octanol–water partition coefficient (Wildman–Crippen LogP) is 3.91. The molecule has 1 heterocycles. The summed E-state index contributed by atoms with van der Waals surface area (Å²) >= 11 is 1.65. The molecule has 5 heteroatoms. The zero-order valence-electron chi connectivity index (χ0n) is 11.5. The van der Waals surface area contributed by atoms with Crippen LogP contribution in [-0.2, 0) is 0 Å². The van der Waals surface area contributed by atoms with E-state index >= 15 is 0 Å². The minimum atomic E-state index is -0.297. The number of amidine groups is 1. The van der Waals surface area contributed by atoms with Crippen LogP contribution < -0.4 is 10.1 Å². The fourth-order valence-corrected chi connectivity index (χ4v) is 3.32. The Morgan fingerprint density at radius 2 is 2.16 bits per heavy atom. The smallest absolute Gasteiger partial charge is 0.161 e. The van der Waals surface area contributed by atoms with E-state index in [0.29, 0.717) is 11.4 Å². The van der Waals surface area contributed by atoms with Crippen LogP contribution in [0.4, 0.5) is 10.1 Å². The summed E-state index contributed by atoms with van der Waals surface area (Å²) in [5.41, 5.74) is 0.413. The molecular weight excluding hydrogens is 263 g/mol. The first kappa shape index (κ1) is 14.2. The molecule has 0 amide bonds. The van der Waals surface area contributed by atoms with Crippen molar-refractivity contribution >= 4 is 22.6 Å². The lowest BCUT2D eigenvalue weighted by atomic mass is 9.97. The second-order valence-electron chi connectivity index (χ2n) is 4.61. The lowest BCUT2D eigenvalue weighted by molar-refractivity contribution is 0.414. The summed E-state index contributed by atoms with van der Waals surface area (Å²) < 4.78 is 18.8. The zero-order chi connectivity index (χ0) is 13.9. The van der Waals surface area contributed by atoms with Crippen molar-refractivity contribution in [1.29, 1.82) is 0 Å². The SMILES string of the molecule is CCC1(CC)CSC(Nc2cc(OC)ccc2F)=N1. The molecule has 0 aromatic heterocycles. The highest BCUT2D eigenvalue weighted by atomic mass is 32.2. The van der Waals surface area contributed by atoms with E-state index < -0.39 is 0 Å². The third-order valence-electron chi connectivity index (χ3n) is 3.55. The van der Waals surface area contributed by atoms with Gasteiger partial charge in [0.05, 0.1) is 18.3 Å². The van der Waals surface area contributed by atoms with Crippen LogP contribution in [0.1, 0.15) is 26.7 Å². The maximum absolute atomic E-state index is 13.7. The minimum absolute atomic E-state index is 0.00232. The van der Waals surface area contributed by atoms with Gasteiger partial charge in [-0.1, -0.05) is 25.6 Å². The van der Waals surface area contributed by atoms with Gasteiger partial charge in [-0.3, -0.25) is 4.99 Å². The summed E-state index contributed by atoms with van der Waals surface area (Å²) in [5.74, 6) is 1.29. The molecular formula is C14H19FN2OS. The average Bonchev–Trinajstić information content (AvgIpc) is 2.85. The van der Waals surface area contributed by atoms with Gasteiger partial charge in [-0.25, -0.2) is 4.39 Å². The molecule has 19 heavy (non-hydrogen) atoms. The molecule has 0 atom stereocenters. The molecule has 0 radical (unpaired) electrons. The van der Waals surface area contributed by atoms with Crippen molar-refractivity contribution in [3.8, 4) is 5.75 Å². The normalized spacial score (nSPS) is 17.2. The summed E-state index contributed by atoms with van der Waals surface area (Å²) in [5, 5.41) is 3.85. The van der Waals surface area contributed by atoms with Crippen LogP contribution in [0.15, 0.2) is 23.2 Å². The van der Waals surface area contributed by atoms with Crippen LogP contribution in [0.2, 0.25) is 0 Å². The first-order valence-electron chi connectivity index (χ1n) is 6.45. The van der Waals surface area contributed by atoms with Crippen LogP contribution in [0.25, 0.3) is 0 Å². The van der Waals surface area contributed by atoms with Crippen molar-refractivity contribution in [2.45, 2.75) is 32.2 Å². The Kier molecular flexibility index (Phi) is 4.34. The number of thioether (sulfide) groups is 1. The van der Waals surface area contributed by atoms with E-state index in [2.05, 4.69) is 19.2 Å². The highest BCUT2D eigenvalue weighted by molar-refractivity contribution is 8.14. The maximum atomic E-state index is 13.7. The molecule has 1 N–H and O–H groups in total. The summed E-state index contributed by atoms with van der Waals surface area (Å²) in [7, 11) is 1.57. The molecule has 0 fully saturated rings. The lowest BCUT2D eigenvalue weighted by Crippen LogP contribution is -2.24. The van der Waals surface area contributed by atoms with E-state index in [1.165, 1.54) is 6.07 Å². The number of nitrogens with zero attached hydrogens (tertiary/aromatic N) is 1. The predicted molar refractivity (Wildman–Crippen MR) is 79.8 cm³/mol. The average molecular weight is 282 g/mol. The molecule has 104 valence electrons. The van der Waals surface area contributed by atoms with Crippen LogP contribution in [0, 0.1) is 5.82 Å². The number of nitrogens with one attached hydrogen (secondary N) is 1. The van der Waals surface area contributed by atoms with Crippen molar-refractivity contribution < 1.29 is 9.13 Å². The largest absolute Gasteiger partial charge is 0.497 e. The van der Waals surface area contributed by atoms with E-state index in [1.807, 2.05) is 0 Å². The van der Waals surface area contributed by atoms with Gasteiger partial charge in [0.25, 0.3) is 0 Å². The number of halogens is 1. The van der Waals surface area contributed by atoms with Crippen molar-refractivity contribution in [2.75, 3.05) is 18.2 Å². The van der Waals surface area contributed by atoms with Gasteiger partial charge in [0, 0.05) is 11.8 Å². The number of aliphatic imine (C=N–C) groups is 1. The summed E-state index contributed by atoms with van der Waals surface area (Å²) in [6, 6.07) is 4.65. The molecule has 0 aliphatic carbocycles. The maximum Gasteiger partial charge on any atom is 0.161 e. The van der Waals surface area contributed by atoms with Crippen molar-refractivity contribution in [2.24, 2.45) is 4.99 Å². The third kappa shape index (κ3) is 3.03. The lowest BCUT2D eigenvalue weighted by Gasteiger charge is -2.20. The fraction of sp³-hybridized carbons (Fsp3) is 0.500. The molecule has 0 saturated heterocycles. The number of ether oxygens (including phenoxy) is 1. The van der Waals surface area contributed by atoms with Crippen molar-refractivity contribution in [3.63, 3.8) is 0 Å². The van der Waals surface area contributed by atoms with Gasteiger partial charge < -0.3 is 10.1 Å². The van der Waals surface area contributed by atoms with E-state index in [-0.39, 0.29) is 11.4 Å². The highest BCUT2D eigenvalue weighted by Crippen LogP contribution is 2.34. The molecule has 2 rings (SSSR count). The molecule has 0 bridgehead atoms. The third-order valence-corrected chi connectivity index (χ3v) is 4.70. The standard InChI is InChI=1S/C14H19FN2OS/c1-4-14(5-2)9-19-13(17-14)16-12-8-10(18-3)6-7-11(12)15/h6-8H,4-5,9H2,1-3H3,(H,16,17). The molecule has 0 unspecified atom stereocenters. The molecule has 0 spiro atoms. The first-order valence-corrected chi connectivity index (χ1v) is 7.44. The number of anilines is 1. The number of benzene rings is 1. The Balaban J connectivity index is 2.18. The Labute approximate surface area is 117 Å². The second-order valence-corrected chi connectivity index (χ2v) is 5.57. The minimum Gasteiger partial charge on any atom is -0.497 e. The topological polar surface area (TPSA) is 33.6 Å². The van der Waals surface area contributed by atoms with E-state index in [1.54, 1.807) is 31.0 Å². The van der Waals surface area contributed by atoms with Gasteiger partial charge in [0.1, 0.15) is 11.6 Å². The Bertz CT molecular complexity index is 486. The van der Waals surface area contributed by atoms with E-state index in [4.69, 9.17) is 9.73 Å². The number of methoxy groups -OCH3 is 1. The highest BCUT2D eigenvalue weighted by Gasteiger charge is 2.32. The summed E-state index contributed by atoms with van der Waals surface area (Å²) in [4.78, 5) is 4.71. The molecule has 1 aromatic carbocycles. The van der Waals surface area contributed by atoms with Crippen molar-refractivity contribution in [3.05, 3.63) is 24.0 Å². The Morgan fingerprint density at radius 1 is 1.42 bits per heavy atom. The molecule has 0 saturated carbocycles. The Hall–Kier alpha value is -1.23. The number of rotatable bonds is 4. The monoisotopic (exact) mass is 282 g/mol. The van der Waals surface area contributed by atoms with Gasteiger partial charge in [-0.2, -0.15) is 0 Å². The fourth-order valence-electron chi connectivity index (χ4n) is 2.00. The number of hydrogen-bond acceptors (Lipinski definition) is 4. The van der Waals surface area contributed by atoms with Crippen molar-refractivity contribution in [1.82, 2.24) is 0 Å². The first-order chi connectivity index (χ1) is 9.12. The van der Waals surface area contributed by atoms with Crippen LogP contribution >= 0.6 is 11.8 Å². The van der Waals surface area contributed by atoms with E-state index in [0.717, 1.165) is 23.8 Å². The van der Waals surface area contributed by atoms with E-state index in [9.17, 15) is 4.39 Å².